The van der Waals surface area contributed by atoms with Gasteiger partial charge in [-0.2, -0.15) is 0 Å². The lowest BCUT2D eigenvalue weighted by atomic mass is 10.1. The molecule has 0 saturated heterocycles. The van der Waals surface area contributed by atoms with Gasteiger partial charge in [0.1, 0.15) is 6.54 Å². The summed E-state index contributed by atoms with van der Waals surface area (Å²) in [6.07, 6.45) is 7.02. The Morgan fingerprint density at radius 1 is 1.12 bits per heavy atom. The number of pyridine rings is 1. The highest BCUT2D eigenvalue weighted by Crippen LogP contribution is 2.32. The highest BCUT2D eigenvalue weighted by Gasteiger charge is 2.22. The van der Waals surface area contributed by atoms with Crippen molar-refractivity contribution in [2.45, 2.75) is 38.6 Å². The molecule has 1 aromatic carbocycles. The molecular formula is C21H23N3O. The monoisotopic (exact) mass is 333 g/mol. The third-order valence-electron chi connectivity index (χ3n) is 4.99. The molecule has 2 aromatic heterocycles. The van der Waals surface area contributed by atoms with Gasteiger partial charge in [-0.05, 0) is 55.9 Å². The van der Waals surface area contributed by atoms with Crippen molar-refractivity contribution in [3.8, 4) is 0 Å². The number of hydrogen-bond donors (Lipinski definition) is 1. The number of carbonyl (C=O) groups is 1. The fraction of sp³-hybridized carbons (Fsp3) is 0.333. The van der Waals surface area contributed by atoms with Gasteiger partial charge in [-0.3, -0.25) is 9.78 Å². The van der Waals surface area contributed by atoms with Crippen molar-refractivity contribution in [1.29, 1.82) is 0 Å². The fourth-order valence-corrected chi connectivity index (χ4v) is 3.85. The van der Waals surface area contributed by atoms with Crippen LogP contribution >= 0.6 is 0 Å². The summed E-state index contributed by atoms with van der Waals surface area (Å²) in [6, 6.07) is 14.4. The third kappa shape index (κ3) is 3.29. The second-order valence-corrected chi connectivity index (χ2v) is 6.66. The first-order chi connectivity index (χ1) is 12.3. The summed E-state index contributed by atoms with van der Waals surface area (Å²) in [5.41, 5.74) is 5.06. The number of aryl methyl sites for hydroxylation is 2. The molecule has 1 aliphatic rings. The lowest BCUT2D eigenvalue weighted by Gasteiger charge is -2.10. The molecule has 0 bridgehead atoms. The molecule has 0 spiro atoms. The summed E-state index contributed by atoms with van der Waals surface area (Å²) in [4.78, 5) is 16.7. The van der Waals surface area contributed by atoms with E-state index in [4.69, 9.17) is 0 Å². The first-order valence-corrected chi connectivity index (χ1v) is 9.08. The van der Waals surface area contributed by atoms with Gasteiger partial charge in [-0.25, -0.2) is 0 Å². The van der Waals surface area contributed by atoms with Crippen molar-refractivity contribution in [3.05, 3.63) is 65.6 Å². The molecule has 2 heterocycles. The topological polar surface area (TPSA) is 46.9 Å². The Bertz CT molecular complexity index is 883. The van der Waals surface area contributed by atoms with E-state index in [-0.39, 0.29) is 5.91 Å². The van der Waals surface area contributed by atoms with Crippen molar-refractivity contribution in [2.75, 3.05) is 6.54 Å². The molecule has 0 saturated carbocycles. The number of rotatable bonds is 6. The van der Waals surface area contributed by atoms with Crippen LogP contribution < -0.4 is 5.32 Å². The molecule has 1 N–H and O–H groups in total. The largest absolute Gasteiger partial charge is 0.355 e. The first kappa shape index (κ1) is 15.9. The number of carbonyl (C=O) groups excluding carboxylic acids is 1. The predicted molar refractivity (Wildman–Crippen MR) is 99.5 cm³/mol. The van der Waals surface area contributed by atoms with E-state index < -0.39 is 0 Å². The highest BCUT2D eigenvalue weighted by molar-refractivity contribution is 5.88. The van der Waals surface area contributed by atoms with Crippen LogP contribution in [0, 0.1) is 0 Å². The molecule has 4 rings (SSSR count). The van der Waals surface area contributed by atoms with Gasteiger partial charge < -0.3 is 9.88 Å². The van der Waals surface area contributed by atoms with Crippen LogP contribution in [0.4, 0.5) is 0 Å². The Hall–Kier alpha value is -2.62. The zero-order valence-electron chi connectivity index (χ0n) is 14.4. The van der Waals surface area contributed by atoms with Gasteiger partial charge in [0.25, 0.3) is 0 Å². The van der Waals surface area contributed by atoms with Crippen molar-refractivity contribution in [3.63, 3.8) is 0 Å². The Morgan fingerprint density at radius 2 is 2.00 bits per heavy atom. The predicted octanol–water partition coefficient (Wildman–Crippen LogP) is 3.27. The van der Waals surface area contributed by atoms with Crippen LogP contribution in [-0.2, 0) is 30.6 Å². The number of nitrogens with zero attached hydrogens (tertiary/aromatic N) is 2. The molecule has 1 aliphatic carbocycles. The summed E-state index contributed by atoms with van der Waals surface area (Å²) in [5, 5.41) is 4.38. The van der Waals surface area contributed by atoms with E-state index in [0.29, 0.717) is 13.1 Å². The standard InChI is InChI=1S/C21H23N3O/c25-21(23-14-6-8-16-7-3-4-13-22-16)15-24-19-11-2-1-9-17(19)18-10-5-12-20(18)24/h1-4,7,9,11,13H,5-6,8,10,12,14-15H2,(H,23,25). The Balaban J connectivity index is 1.38. The Morgan fingerprint density at radius 3 is 2.88 bits per heavy atom. The Kier molecular flexibility index (Phi) is 4.51. The maximum Gasteiger partial charge on any atom is 0.239 e. The average molecular weight is 333 g/mol. The van der Waals surface area contributed by atoms with E-state index in [1.54, 1.807) is 0 Å². The van der Waals surface area contributed by atoms with Crippen molar-refractivity contribution in [1.82, 2.24) is 14.9 Å². The average Bonchev–Trinajstić information content (AvgIpc) is 3.23. The molecule has 3 aromatic rings. The second kappa shape index (κ2) is 7.09. The van der Waals surface area contributed by atoms with Gasteiger partial charge in [-0.1, -0.05) is 24.3 Å². The quantitative estimate of drug-likeness (QED) is 0.704. The minimum absolute atomic E-state index is 0.0940. The van der Waals surface area contributed by atoms with Crippen LogP contribution in [0.3, 0.4) is 0 Å². The molecule has 0 radical (unpaired) electrons. The molecule has 128 valence electrons. The molecule has 1 amide bonds. The molecule has 4 nitrogen and oxygen atoms in total. The van der Waals surface area contributed by atoms with Gasteiger partial charge in [0.05, 0.1) is 0 Å². The van der Waals surface area contributed by atoms with Gasteiger partial charge >= 0.3 is 0 Å². The van der Waals surface area contributed by atoms with Gasteiger partial charge in [0.15, 0.2) is 0 Å². The molecule has 25 heavy (non-hydrogen) atoms. The summed E-state index contributed by atoms with van der Waals surface area (Å²) in [6.45, 7) is 1.11. The summed E-state index contributed by atoms with van der Waals surface area (Å²) in [7, 11) is 0. The molecular weight excluding hydrogens is 310 g/mol. The van der Waals surface area contributed by atoms with E-state index in [9.17, 15) is 4.79 Å². The highest BCUT2D eigenvalue weighted by atomic mass is 16.1. The van der Waals surface area contributed by atoms with E-state index in [1.807, 2.05) is 24.4 Å². The number of para-hydroxylation sites is 1. The molecule has 0 fully saturated rings. The normalized spacial score (nSPS) is 13.1. The number of aromatic nitrogens is 2. The van der Waals surface area contributed by atoms with Gasteiger partial charge in [0, 0.05) is 35.0 Å². The summed E-state index contributed by atoms with van der Waals surface area (Å²) in [5.74, 6) is 0.0940. The number of benzene rings is 1. The number of hydrogen-bond acceptors (Lipinski definition) is 2. The summed E-state index contributed by atoms with van der Waals surface area (Å²) >= 11 is 0. The number of fused-ring (bicyclic) bond motifs is 3. The van der Waals surface area contributed by atoms with Gasteiger partial charge in [0.2, 0.25) is 5.91 Å². The zero-order valence-corrected chi connectivity index (χ0v) is 14.4. The van der Waals surface area contributed by atoms with Gasteiger partial charge in [-0.15, -0.1) is 0 Å². The Labute approximate surface area is 147 Å². The van der Waals surface area contributed by atoms with Crippen LogP contribution in [-0.4, -0.2) is 22.0 Å². The van der Waals surface area contributed by atoms with Crippen LogP contribution in [0.25, 0.3) is 10.9 Å². The van der Waals surface area contributed by atoms with E-state index in [2.05, 4.69) is 39.1 Å². The van der Waals surface area contributed by atoms with Crippen LogP contribution in [0.1, 0.15) is 29.8 Å². The van der Waals surface area contributed by atoms with E-state index >= 15 is 0 Å². The smallest absolute Gasteiger partial charge is 0.239 e. The SMILES string of the molecule is O=C(Cn1c2c(c3ccccc31)CCC2)NCCCc1ccccn1. The lowest BCUT2D eigenvalue weighted by molar-refractivity contribution is -0.121. The number of amides is 1. The van der Waals surface area contributed by atoms with Crippen LogP contribution in [0.5, 0.6) is 0 Å². The second-order valence-electron chi connectivity index (χ2n) is 6.66. The molecule has 0 aliphatic heterocycles. The number of nitrogens with one attached hydrogen (secondary N) is 1. The van der Waals surface area contributed by atoms with Crippen LogP contribution in [0.2, 0.25) is 0 Å². The zero-order chi connectivity index (χ0) is 17.1. The summed E-state index contributed by atoms with van der Waals surface area (Å²) < 4.78 is 2.21. The minimum Gasteiger partial charge on any atom is -0.355 e. The van der Waals surface area contributed by atoms with E-state index in [1.165, 1.54) is 28.6 Å². The maximum atomic E-state index is 12.4. The fourth-order valence-electron chi connectivity index (χ4n) is 3.85. The van der Waals surface area contributed by atoms with E-state index in [0.717, 1.165) is 31.4 Å². The molecule has 0 unspecified atom stereocenters. The molecule has 0 atom stereocenters. The van der Waals surface area contributed by atoms with Crippen molar-refractivity contribution < 1.29 is 4.79 Å². The lowest BCUT2D eigenvalue weighted by Crippen LogP contribution is -2.29. The maximum absolute atomic E-state index is 12.4. The van der Waals surface area contributed by atoms with Crippen molar-refractivity contribution in [2.24, 2.45) is 0 Å². The molecule has 4 heteroatoms. The minimum atomic E-state index is 0.0940. The van der Waals surface area contributed by atoms with Crippen LogP contribution in [0.15, 0.2) is 48.7 Å². The first-order valence-electron chi connectivity index (χ1n) is 9.08. The third-order valence-corrected chi connectivity index (χ3v) is 4.99. The van der Waals surface area contributed by atoms with Crippen molar-refractivity contribution >= 4 is 16.8 Å².